The molecule has 1 saturated carbocycles. The summed E-state index contributed by atoms with van der Waals surface area (Å²) in [4.78, 5) is 0. The summed E-state index contributed by atoms with van der Waals surface area (Å²) in [5, 5.41) is 7.32. The predicted molar refractivity (Wildman–Crippen MR) is 72.9 cm³/mol. The zero-order valence-electron chi connectivity index (χ0n) is 9.79. The van der Waals surface area contributed by atoms with Crippen LogP contribution in [0.25, 0.3) is 0 Å². The Bertz CT molecular complexity index is 383. The second kappa shape index (κ2) is 4.83. The van der Waals surface area contributed by atoms with Crippen LogP contribution in [0.4, 0.5) is 5.69 Å². The van der Waals surface area contributed by atoms with Gasteiger partial charge in [0.15, 0.2) is 5.11 Å². The molecular formula is C13H18N2S. The van der Waals surface area contributed by atoms with Gasteiger partial charge in [0.2, 0.25) is 0 Å². The van der Waals surface area contributed by atoms with Crippen LogP contribution < -0.4 is 10.6 Å². The van der Waals surface area contributed by atoms with Crippen molar-refractivity contribution >= 4 is 23.0 Å². The molecule has 0 heterocycles. The Kier molecular flexibility index (Phi) is 3.44. The highest BCUT2D eigenvalue weighted by atomic mass is 32.1. The fourth-order valence-electron chi connectivity index (χ4n) is 1.69. The third kappa shape index (κ3) is 2.95. The van der Waals surface area contributed by atoms with Gasteiger partial charge in [-0.3, -0.25) is 0 Å². The fourth-order valence-corrected chi connectivity index (χ4v) is 1.96. The molecule has 16 heavy (non-hydrogen) atoms. The van der Waals surface area contributed by atoms with E-state index in [4.69, 9.17) is 12.2 Å². The quantitative estimate of drug-likeness (QED) is 0.785. The summed E-state index contributed by atoms with van der Waals surface area (Å²) in [5.74, 6) is 0.507. The molecular weight excluding hydrogens is 216 g/mol. The molecule has 2 N–H and O–H groups in total. The molecule has 0 bridgehead atoms. The molecule has 0 radical (unpaired) electrons. The maximum Gasteiger partial charge on any atom is 0.171 e. The van der Waals surface area contributed by atoms with E-state index in [0.29, 0.717) is 12.0 Å². The van der Waals surface area contributed by atoms with Crippen LogP contribution in [0, 0.1) is 0 Å². The summed E-state index contributed by atoms with van der Waals surface area (Å²) in [6, 6.07) is 8.93. The molecule has 0 spiro atoms. The molecule has 0 unspecified atom stereocenters. The van der Waals surface area contributed by atoms with Gasteiger partial charge in [-0.2, -0.15) is 0 Å². The Labute approximate surface area is 102 Å². The topological polar surface area (TPSA) is 24.1 Å². The fraction of sp³-hybridized carbons (Fsp3) is 0.462. The summed E-state index contributed by atoms with van der Waals surface area (Å²) < 4.78 is 0. The van der Waals surface area contributed by atoms with Crippen molar-refractivity contribution < 1.29 is 0 Å². The van der Waals surface area contributed by atoms with E-state index >= 15 is 0 Å². The highest BCUT2D eigenvalue weighted by molar-refractivity contribution is 7.80. The molecule has 0 amide bonds. The minimum atomic E-state index is 0.507. The summed E-state index contributed by atoms with van der Waals surface area (Å²) in [6.45, 7) is 4.38. The van der Waals surface area contributed by atoms with E-state index in [1.807, 2.05) is 6.07 Å². The van der Waals surface area contributed by atoms with E-state index in [1.54, 1.807) is 0 Å². The molecule has 0 atom stereocenters. The zero-order valence-corrected chi connectivity index (χ0v) is 10.6. The van der Waals surface area contributed by atoms with Crippen molar-refractivity contribution in [1.82, 2.24) is 5.32 Å². The Morgan fingerprint density at radius 3 is 2.62 bits per heavy atom. The Balaban J connectivity index is 2.04. The Morgan fingerprint density at radius 2 is 2.00 bits per heavy atom. The first-order chi connectivity index (χ1) is 7.66. The minimum Gasteiger partial charge on any atom is -0.360 e. The first-order valence-corrected chi connectivity index (χ1v) is 6.24. The molecule has 2 nitrogen and oxygen atoms in total. The lowest BCUT2D eigenvalue weighted by atomic mass is 10.0. The molecule has 0 aliphatic heterocycles. The average molecular weight is 234 g/mol. The number of thiocarbonyl (C=S) groups is 1. The van der Waals surface area contributed by atoms with Gasteiger partial charge < -0.3 is 10.6 Å². The van der Waals surface area contributed by atoms with Gasteiger partial charge in [-0.05, 0) is 42.6 Å². The van der Waals surface area contributed by atoms with Crippen LogP contribution >= 0.6 is 12.2 Å². The van der Waals surface area contributed by atoms with E-state index in [-0.39, 0.29) is 0 Å². The molecule has 1 aliphatic carbocycles. The Hall–Kier alpha value is -1.09. The first-order valence-electron chi connectivity index (χ1n) is 5.83. The van der Waals surface area contributed by atoms with Gasteiger partial charge in [-0.1, -0.05) is 32.0 Å². The smallest absolute Gasteiger partial charge is 0.171 e. The molecule has 1 aromatic rings. The van der Waals surface area contributed by atoms with Crippen molar-refractivity contribution in [3.8, 4) is 0 Å². The van der Waals surface area contributed by atoms with Crippen LogP contribution in [0.15, 0.2) is 24.3 Å². The lowest BCUT2D eigenvalue weighted by Crippen LogP contribution is -2.30. The maximum atomic E-state index is 5.28. The van der Waals surface area contributed by atoms with Crippen LogP contribution in [-0.2, 0) is 0 Å². The monoisotopic (exact) mass is 234 g/mol. The van der Waals surface area contributed by atoms with Gasteiger partial charge in [0.05, 0.1) is 0 Å². The minimum absolute atomic E-state index is 0.507. The van der Waals surface area contributed by atoms with E-state index in [2.05, 4.69) is 42.7 Å². The predicted octanol–water partition coefficient (Wildman–Crippen LogP) is 3.26. The van der Waals surface area contributed by atoms with Gasteiger partial charge >= 0.3 is 0 Å². The number of nitrogens with one attached hydrogen (secondary N) is 2. The van der Waals surface area contributed by atoms with Gasteiger partial charge in [0.25, 0.3) is 0 Å². The molecule has 1 aliphatic rings. The molecule has 1 fully saturated rings. The maximum absolute atomic E-state index is 5.28. The van der Waals surface area contributed by atoms with Crippen molar-refractivity contribution in [2.75, 3.05) is 5.32 Å². The normalized spacial score (nSPS) is 14.9. The summed E-state index contributed by atoms with van der Waals surface area (Å²) in [5.41, 5.74) is 2.43. The van der Waals surface area contributed by atoms with Crippen LogP contribution in [0.5, 0.6) is 0 Å². The lowest BCUT2D eigenvalue weighted by molar-refractivity contribution is 0.868. The lowest BCUT2D eigenvalue weighted by Gasteiger charge is -2.15. The van der Waals surface area contributed by atoms with Crippen LogP contribution in [-0.4, -0.2) is 11.2 Å². The number of hydrogen-bond donors (Lipinski definition) is 2. The van der Waals surface area contributed by atoms with E-state index in [9.17, 15) is 0 Å². The van der Waals surface area contributed by atoms with Crippen molar-refractivity contribution in [2.24, 2.45) is 0 Å². The number of para-hydroxylation sites is 1. The summed E-state index contributed by atoms with van der Waals surface area (Å²) in [6.07, 6.45) is 2.49. The molecule has 86 valence electrons. The van der Waals surface area contributed by atoms with Crippen molar-refractivity contribution in [3.63, 3.8) is 0 Å². The standard InChI is InChI=1S/C13H18N2S/c1-9(2)11-5-3-4-6-12(11)15-13(16)14-10-7-8-10/h3-6,9-10H,7-8H2,1-2H3,(H2,14,15,16). The third-order valence-electron chi connectivity index (χ3n) is 2.74. The summed E-state index contributed by atoms with van der Waals surface area (Å²) >= 11 is 5.28. The van der Waals surface area contributed by atoms with Gasteiger partial charge in [0, 0.05) is 11.7 Å². The van der Waals surface area contributed by atoms with E-state index in [1.165, 1.54) is 18.4 Å². The number of rotatable bonds is 3. The second-order valence-electron chi connectivity index (χ2n) is 4.61. The third-order valence-corrected chi connectivity index (χ3v) is 2.96. The van der Waals surface area contributed by atoms with Crippen molar-refractivity contribution in [2.45, 2.75) is 38.6 Å². The zero-order chi connectivity index (χ0) is 11.5. The van der Waals surface area contributed by atoms with Crippen molar-refractivity contribution in [3.05, 3.63) is 29.8 Å². The molecule has 0 aromatic heterocycles. The average Bonchev–Trinajstić information content (AvgIpc) is 3.02. The van der Waals surface area contributed by atoms with E-state index in [0.717, 1.165) is 10.8 Å². The van der Waals surface area contributed by atoms with Gasteiger partial charge in [0.1, 0.15) is 0 Å². The molecule has 2 rings (SSSR count). The Morgan fingerprint density at radius 1 is 1.31 bits per heavy atom. The number of benzene rings is 1. The molecule has 0 saturated heterocycles. The van der Waals surface area contributed by atoms with Crippen molar-refractivity contribution in [1.29, 1.82) is 0 Å². The summed E-state index contributed by atoms with van der Waals surface area (Å²) in [7, 11) is 0. The van der Waals surface area contributed by atoms with Crippen LogP contribution in [0.1, 0.15) is 38.2 Å². The SMILES string of the molecule is CC(C)c1ccccc1NC(=S)NC1CC1. The van der Waals surface area contributed by atoms with Gasteiger partial charge in [-0.25, -0.2) is 0 Å². The van der Waals surface area contributed by atoms with Crippen LogP contribution in [0.3, 0.4) is 0 Å². The number of anilines is 1. The largest absolute Gasteiger partial charge is 0.360 e. The van der Waals surface area contributed by atoms with Gasteiger partial charge in [-0.15, -0.1) is 0 Å². The second-order valence-corrected chi connectivity index (χ2v) is 5.02. The van der Waals surface area contributed by atoms with E-state index < -0.39 is 0 Å². The first kappa shape index (κ1) is 11.4. The highest BCUT2D eigenvalue weighted by Gasteiger charge is 2.21. The molecule has 1 aromatic carbocycles. The number of hydrogen-bond acceptors (Lipinski definition) is 1. The van der Waals surface area contributed by atoms with Crippen LogP contribution in [0.2, 0.25) is 0 Å². The highest BCUT2D eigenvalue weighted by Crippen LogP contribution is 2.24. The molecule has 3 heteroatoms.